The minimum absolute atomic E-state index is 0.312. The highest BCUT2D eigenvalue weighted by molar-refractivity contribution is 6.26. The molecule has 1 amide bonds. The molecule has 0 fully saturated rings. The van der Waals surface area contributed by atoms with Crippen molar-refractivity contribution >= 4 is 40.4 Å². The molecule has 33 heavy (non-hydrogen) atoms. The smallest absolute Gasteiger partial charge is 0.407 e. The van der Waals surface area contributed by atoms with Gasteiger partial charge in [-0.1, -0.05) is 17.7 Å². The minimum atomic E-state index is -0.991. The van der Waals surface area contributed by atoms with E-state index >= 15 is 0 Å². The van der Waals surface area contributed by atoms with E-state index in [2.05, 4.69) is 44.0 Å². The van der Waals surface area contributed by atoms with Gasteiger partial charge in [0.1, 0.15) is 11.5 Å². The largest absolute Gasteiger partial charge is 0.450 e. The molecule has 0 saturated heterocycles. The number of fused-ring (bicyclic) bond motifs is 2. The van der Waals surface area contributed by atoms with Gasteiger partial charge in [0, 0.05) is 19.1 Å². The number of rotatable bonds is 8. The van der Waals surface area contributed by atoms with Crippen LogP contribution in [0.1, 0.15) is 50.9 Å². The van der Waals surface area contributed by atoms with E-state index in [1.165, 1.54) is 0 Å². The van der Waals surface area contributed by atoms with Crippen molar-refractivity contribution in [3.63, 3.8) is 0 Å². The number of carbonyl (C=O) groups is 1. The number of ether oxygens (including phenoxy) is 1. The zero-order valence-corrected chi connectivity index (χ0v) is 19.8. The Balaban J connectivity index is 1.19. The number of benzene rings is 1. The van der Waals surface area contributed by atoms with E-state index in [0.717, 1.165) is 28.8 Å². The molecule has 176 valence electrons. The van der Waals surface area contributed by atoms with Crippen LogP contribution in [0.25, 0.3) is 11.0 Å². The third-order valence-corrected chi connectivity index (χ3v) is 5.60. The number of halogens is 1. The number of imidazole rings is 2. The second-order valence-corrected chi connectivity index (χ2v) is 9.21. The van der Waals surface area contributed by atoms with Crippen LogP contribution in [0.2, 0.25) is 0 Å². The molecule has 0 radical (unpaired) electrons. The molecule has 4 N–H and O–H groups in total. The van der Waals surface area contributed by atoms with Gasteiger partial charge in [0.25, 0.3) is 0 Å². The molecule has 0 spiro atoms. The minimum Gasteiger partial charge on any atom is -0.450 e. The fraction of sp³-hybridized carbons (Fsp3) is 0.455. The van der Waals surface area contributed by atoms with Gasteiger partial charge in [0.15, 0.2) is 5.84 Å². The van der Waals surface area contributed by atoms with Gasteiger partial charge in [-0.05, 0) is 51.3 Å². The van der Waals surface area contributed by atoms with E-state index in [1.54, 1.807) is 13.3 Å². The summed E-state index contributed by atoms with van der Waals surface area (Å²) in [5.74, 6) is 1.06. The van der Waals surface area contributed by atoms with E-state index in [-0.39, 0.29) is 0 Å². The Morgan fingerprint density at radius 1 is 1.30 bits per heavy atom. The lowest BCUT2D eigenvalue weighted by molar-refractivity contribution is 0.143. The molecule has 3 aromatic rings. The first-order chi connectivity index (χ1) is 15.7. The molecule has 1 aliphatic heterocycles. The SMILES string of the molecule is CC(C)n1cnc2cc(CNC(=O)OCCCCn3cnc4c3NC(C)(Cl)N=C4N)ccc21. The number of hydrogen-bond donors (Lipinski definition) is 3. The number of hydrogen-bond acceptors (Lipinski definition) is 7. The van der Waals surface area contributed by atoms with Gasteiger partial charge in [-0.15, -0.1) is 0 Å². The average molecular weight is 473 g/mol. The Labute approximate surface area is 197 Å². The van der Waals surface area contributed by atoms with Crippen LogP contribution >= 0.6 is 11.6 Å². The van der Waals surface area contributed by atoms with Gasteiger partial charge in [-0.3, -0.25) is 0 Å². The third-order valence-electron chi connectivity index (χ3n) is 5.42. The summed E-state index contributed by atoms with van der Waals surface area (Å²) in [5.41, 5.74) is 9.50. The first-order valence-corrected chi connectivity index (χ1v) is 11.4. The van der Waals surface area contributed by atoms with Crippen molar-refractivity contribution in [1.29, 1.82) is 0 Å². The number of nitrogens with zero attached hydrogens (tertiary/aromatic N) is 5. The number of aromatic nitrogens is 4. The molecule has 1 aliphatic rings. The number of aliphatic imine (C=N–C) groups is 1. The van der Waals surface area contributed by atoms with Gasteiger partial charge in [0.2, 0.25) is 5.12 Å². The maximum Gasteiger partial charge on any atom is 0.407 e. The number of aryl methyl sites for hydroxylation is 1. The Morgan fingerprint density at radius 2 is 2.12 bits per heavy atom. The van der Waals surface area contributed by atoms with Crippen LogP contribution < -0.4 is 16.4 Å². The van der Waals surface area contributed by atoms with Crippen molar-refractivity contribution < 1.29 is 9.53 Å². The van der Waals surface area contributed by atoms with E-state index in [1.807, 2.05) is 29.1 Å². The predicted molar refractivity (Wildman–Crippen MR) is 128 cm³/mol. The number of unbranched alkanes of at least 4 members (excludes halogenated alkanes) is 1. The molecule has 0 saturated carbocycles. The Morgan fingerprint density at radius 3 is 2.91 bits per heavy atom. The highest BCUT2D eigenvalue weighted by Gasteiger charge is 2.30. The van der Waals surface area contributed by atoms with Gasteiger partial charge < -0.3 is 30.2 Å². The van der Waals surface area contributed by atoms with Crippen molar-refractivity contribution in [2.75, 3.05) is 11.9 Å². The molecule has 10 nitrogen and oxygen atoms in total. The van der Waals surface area contributed by atoms with Gasteiger partial charge in [0.05, 0.1) is 30.3 Å². The van der Waals surface area contributed by atoms with Crippen LogP contribution in [0.15, 0.2) is 35.8 Å². The van der Waals surface area contributed by atoms with Crippen molar-refractivity contribution in [3.05, 3.63) is 42.1 Å². The lowest BCUT2D eigenvalue weighted by Gasteiger charge is -2.26. The highest BCUT2D eigenvalue weighted by atomic mass is 35.5. The lowest BCUT2D eigenvalue weighted by Crippen LogP contribution is -2.36. The van der Waals surface area contributed by atoms with Gasteiger partial charge in [-0.25, -0.2) is 19.8 Å². The number of amides is 1. The number of nitrogens with one attached hydrogen (secondary N) is 2. The first kappa shape index (κ1) is 22.9. The zero-order valence-electron chi connectivity index (χ0n) is 19.0. The summed E-state index contributed by atoms with van der Waals surface area (Å²) >= 11 is 6.27. The van der Waals surface area contributed by atoms with Crippen molar-refractivity contribution in [3.8, 4) is 0 Å². The molecular formula is C22H29ClN8O2. The van der Waals surface area contributed by atoms with Gasteiger partial charge >= 0.3 is 6.09 Å². The summed E-state index contributed by atoms with van der Waals surface area (Å²) in [6.45, 7) is 7.36. The quantitative estimate of drug-likeness (QED) is 0.261. The third kappa shape index (κ3) is 5.22. The molecule has 1 unspecified atom stereocenters. The normalized spacial score (nSPS) is 17.5. The van der Waals surface area contributed by atoms with E-state index in [9.17, 15) is 4.79 Å². The summed E-state index contributed by atoms with van der Waals surface area (Å²) < 4.78 is 9.36. The van der Waals surface area contributed by atoms with E-state index < -0.39 is 11.2 Å². The number of carbonyl (C=O) groups excluding carboxylic acids is 1. The van der Waals surface area contributed by atoms with E-state index in [4.69, 9.17) is 22.1 Å². The molecule has 2 aromatic heterocycles. The Hall–Kier alpha value is -3.27. The Bertz CT molecular complexity index is 1180. The monoisotopic (exact) mass is 472 g/mol. The fourth-order valence-electron chi connectivity index (χ4n) is 3.77. The summed E-state index contributed by atoms with van der Waals surface area (Å²) in [6.07, 6.45) is 4.61. The van der Waals surface area contributed by atoms with Crippen LogP contribution in [0.4, 0.5) is 10.6 Å². The standard InChI is InChI=1S/C22H29ClN8O2/c1-14(2)31-13-26-16-10-15(6-7-17(16)31)11-25-21(32)33-9-5-4-8-30-12-27-18-19(24)28-22(3,23)29-20(18)30/h6-7,10,12-14,29H,4-5,8-9,11H2,1-3H3,(H2,24,28)(H,25,32). The molecule has 0 bridgehead atoms. The average Bonchev–Trinajstić information content (AvgIpc) is 3.35. The second kappa shape index (κ2) is 9.30. The predicted octanol–water partition coefficient (Wildman–Crippen LogP) is 3.56. The lowest BCUT2D eigenvalue weighted by atomic mass is 10.2. The first-order valence-electron chi connectivity index (χ1n) is 11.0. The van der Waals surface area contributed by atoms with Crippen LogP contribution in [0, 0.1) is 0 Å². The maximum absolute atomic E-state index is 12.0. The summed E-state index contributed by atoms with van der Waals surface area (Å²) in [6, 6.07) is 6.35. The van der Waals surface area contributed by atoms with Crippen LogP contribution in [0.3, 0.4) is 0 Å². The van der Waals surface area contributed by atoms with Gasteiger partial charge in [-0.2, -0.15) is 0 Å². The fourth-order valence-corrected chi connectivity index (χ4v) is 3.95. The maximum atomic E-state index is 12.0. The number of nitrogens with two attached hydrogens (primary N) is 1. The van der Waals surface area contributed by atoms with Crippen LogP contribution in [-0.4, -0.2) is 42.8 Å². The summed E-state index contributed by atoms with van der Waals surface area (Å²) in [4.78, 5) is 25.0. The second-order valence-electron chi connectivity index (χ2n) is 8.48. The molecule has 1 atom stereocenters. The summed E-state index contributed by atoms with van der Waals surface area (Å²) in [7, 11) is 0. The molecule has 4 rings (SSSR count). The number of alkyl carbamates (subject to hydrolysis) is 1. The van der Waals surface area contributed by atoms with Crippen molar-refractivity contribution in [1.82, 2.24) is 24.4 Å². The van der Waals surface area contributed by atoms with Crippen LogP contribution in [0.5, 0.6) is 0 Å². The van der Waals surface area contributed by atoms with Crippen molar-refractivity contribution in [2.45, 2.75) is 57.9 Å². The highest BCUT2D eigenvalue weighted by Crippen LogP contribution is 2.28. The van der Waals surface area contributed by atoms with E-state index in [0.29, 0.717) is 43.7 Å². The molecule has 3 heterocycles. The Kier molecular flexibility index (Phi) is 6.46. The topological polar surface area (TPSA) is 124 Å². The number of alkyl halides is 1. The molecular weight excluding hydrogens is 444 g/mol. The zero-order chi connectivity index (χ0) is 23.6. The van der Waals surface area contributed by atoms with Crippen molar-refractivity contribution in [2.24, 2.45) is 10.7 Å². The molecule has 0 aliphatic carbocycles. The molecule has 1 aromatic carbocycles. The number of anilines is 1. The number of amidine groups is 1. The summed E-state index contributed by atoms with van der Waals surface area (Å²) in [5, 5.41) is 4.92. The molecule has 11 heteroatoms. The van der Waals surface area contributed by atoms with Crippen LogP contribution in [-0.2, 0) is 17.8 Å².